The highest BCUT2D eigenvalue weighted by Gasteiger charge is 2.19. The summed E-state index contributed by atoms with van der Waals surface area (Å²) in [6.07, 6.45) is 0. The van der Waals surface area contributed by atoms with Gasteiger partial charge in [0.2, 0.25) is 0 Å². The summed E-state index contributed by atoms with van der Waals surface area (Å²) in [7, 11) is 0. The largest absolute Gasteiger partial charge is 0.456 e. The first-order valence-corrected chi connectivity index (χ1v) is 19.5. The van der Waals surface area contributed by atoms with Gasteiger partial charge in [0.1, 0.15) is 11.2 Å². The van der Waals surface area contributed by atoms with Crippen molar-refractivity contribution in [3.63, 3.8) is 0 Å². The molecule has 0 radical (unpaired) electrons. The lowest BCUT2D eigenvalue weighted by atomic mass is 10.00. The Kier molecular flexibility index (Phi) is 6.93. The van der Waals surface area contributed by atoms with Gasteiger partial charge in [-0.2, -0.15) is 0 Å². The number of hydrogen-bond acceptors (Lipinski definition) is 1. The van der Waals surface area contributed by atoms with Crippen LogP contribution in [0.4, 0.5) is 0 Å². The standard InChI is InChI=1S/C54H34N2O/c1-3-13-35(14-4-1)37-17-11-19-41(29-37)55-49-23-9-7-21-43(49)45-31-39(25-27-50(45)55)40-26-28-51-46(32-40)47-33-48-44-22-8-10-24-53(44)57-54(48)34-52(47)56(51)42-20-12-18-38(30-42)36-15-5-2-6-16-36/h1-34H. The van der Waals surface area contributed by atoms with Gasteiger partial charge in [-0.25, -0.2) is 0 Å². The van der Waals surface area contributed by atoms with Crippen molar-refractivity contribution in [3.05, 3.63) is 206 Å². The van der Waals surface area contributed by atoms with Gasteiger partial charge in [-0.1, -0.05) is 133 Å². The summed E-state index contributed by atoms with van der Waals surface area (Å²) in [6.45, 7) is 0. The molecule has 0 aliphatic rings. The predicted molar refractivity (Wildman–Crippen MR) is 239 cm³/mol. The molecular weight excluding hydrogens is 693 g/mol. The Morgan fingerprint density at radius 2 is 0.719 bits per heavy atom. The SMILES string of the molecule is c1ccc(-c2cccc(-n3c4ccccc4c4cc(-c5ccc6c(c5)c5cc7c(cc5n6-c5cccc(-c6ccccc6)c5)oc5ccccc57)ccc43)c2)cc1. The van der Waals surface area contributed by atoms with Crippen LogP contribution in [0.15, 0.2) is 211 Å². The fourth-order valence-corrected chi connectivity index (χ4v) is 9.04. The molecule has 0 unspecified atom stereocenters. The van der Waals surface area contributed by atoms with E-state index in [4.69, 9.17) is 4.42 Å². The predicted octanol–water partition coefficient (Wildman–Crippen LogP) is 14.8. The molecule has 0 fully saturated rings. The molecule has 12 rings (SSSR count). The van der Waals surface area contributed by atoms with Crippen molar-refractivity contribution >= 4 is 65.6 Å². The first kappa shape index (κ1) is 31.7. The van der Waals surface area contributed by atoms with Crippen LogP contribution in [0.2, 0.25) is 0 Å². The third-order valence-corrected chi connectivity index (χ3v) is 11.7. The molecule has 0 N–H and O–H groups in total. The molecule has 0 saturated carbocycles. The minimum atomic E-state index is 0.892. The van der Waals surface area contributed by atoms with Crippen LogP contribution in [-0.4, -0.2) is 9.13 Å². The first-order chi connectivity index (χ1) is 28.2. The molecule has 3 nitrogen and oxygen atoms in total. The Bertz CT molecular complexity index is 3510. The van der Waals surface area contributed by atoms with Crippen molar-refractivity contribution in [1.82, 2.24) is 9.13 Å². The van der Waals surface area contributed by atoms with Gasteiger partial charge in [0.05, 0.1) is 22.1 Å². The number of furan rings is 1. The molecule has 0 atom stereocenters. The van der Waals surface area contributed by atoms with Crippen LogP contribution < -0.4 is 0 Å². The average Bonchev–Trinajstić information content (AvgIpc) is 3.93. The van der Waals surface area contributed by atoms with Gasteiger partial charge < -0.3 is 13.6 Å². The van der Waals surface area contributed by atoms with Gasteiger partial charge in [0.25, 0.3) is 0 Å². The van der Waals surface area contributed by atoms with Gasteiger partial charge in [-0.3, -0.25) is 0 Å². The molecule has 0 aliphatic carbocycles. The number of nitrogens with zero attached hydrogens (tertiary/aromatic N) is 2. The number of hydrogen-bond donors (Lipinski definition) is 0. The molecule has 3 heterocycles. The van der Waals surface area contributed by atoms with Crippen molar-refractivity contribution in [2.24, 2.45) is 0 Å². The van der Waals surface area contributed by atoms with Gasteiger partial charge in [0, 0.05) is 49.8 Å². The lowest BCUT2D eigenvalue weighted by molar-refractivity contribution is 0.669. The van der Waals surface area contributed by atoms with E-state index in [2.05, 4.69) is 209 Å². The molecule has 57 heavy (non-hydrogen) atoms. The Morgan fingerprint density at radius 3 is 1.37 bits per heavy atom. The zero-order chi connectivity index (χ0) is 37.5. The number of benzene rings is 9. The average molecular weight is 727 g/mol. The summed E-state index contributed by atoms with van der Waals surface area (Å²) in [5.41, 5.74) is 15.9. The molecule has 3 heteroatoms. The third kappa shape index (κ3) is 4.99. The van der Waals surface area contributed by atoms with Crippen LogP contribution >= 0.6 is 0 Å². The van der Waals surface area contributed by atoms with E-state index in [-0.39, 0.29) is 0 Å². The van der Waals surface area contributed by atoms with Crippen LogP contribution in [0.1, 0.15) is 0 Å². The van der Waals surface area contributed by atoms with E-state index in [1.807, 2.05) is 6.07 Å². The van der Waals surface area contributed by atoms with Gasteiger partial charge in [-0.05, 0) is 100 Å². The van der Waals surface area contributed by atoms with Crippen molar-refractivity contribution in [1.29, 1.82) is 0 Å². The second kappa shape index (κ2) is 12.5. The highest BCUT2D eigenvalue weighted by molar-refractivity contribution is 6.18. The van der Waals surface area contributed by atoms with Crippen molar-refractivity contribution in [3.8, 4) is 44.8 Å². The fraction of sp³-hybridized carbons (Fsp3) is 0. The Labute approximate surface area is 328 Å². The molecule has 9 aromatic carbocycles. The van der Waals surface area contributed by atoms with Crippen molar-refractivity contribution in [2.45, 2.75) is 0 Å². The number of rotatable bonds is 5. The zero-order valence-electron chi connectivity index (χ0n) is 30.9. The van der Waals surface area contributed by atoms with Crippen LogP contribution in [0.3, 0.4) is 0 Å². The third-order valence-electron chi connectivity index (χ3n) is 11.7. The second-order valence-corrected chi connectivity index (χ2v) is 14.9. The van der Waals surface area contributed by atoms with Crippen molar-refractivity contribution in [2.75, 3.05) is 0 Å². The monoisotopic (exact) mass is 726 g/mol. The summed E-state index contributed by atoms with van der Waals surface area (Å²) in [6, 6.07) is 74.5. The molecule has 0 aliphatic heterocycles. The summed E-state index contributed by atoms with van der Waals surface area (Å²) < 4.78 is 11.3. The van der Waals surface area contributed by atoms with Crippen LogP contribution in [0.5, 0.6) is 0 Å². The zero-order valence-corrected chi connectivity index (χ0v) is 30.9. The fourth-order valence-electron chi connectivity index (χ4n) is 9.04. The van der Waals surface area contributed by atoms with Gasteiger partial charge in [0.15, 0.2) is 0 Å². The Hall–Kier alpha value is -7.62. The van der Waals surface area contributed by atoms with E-state index < -0.39 is 0 Å². The van der Waals surface area contributed by atoms with Crippen LogP contribution in [0, 0.1) is 0 Å². The topological polar surface area (TPSA) is 23.0 Å². The summed E-state index contributed by atoms with van der Waals surface area (Å²) in [5.74, 6) is 0. The van der Waals surface area contributed by atoms with E-state index in [9.17, 15) is 0 Å². The summed E-state index contributed by atoms with van der Waals surface area (Å²) in [4.78, 5) is 0. The van der Waals surface area contributed by atoms with E-state index in [0.29, 0.717) is 0 Å². The van der Waals surface area contributed by atoms with E-state index in [0.717, 1.165) is 44.3 Å². The molecule has 0 bridgehead atoms. The smallest absolute Gasteiger partial charge is 0.137 e. The highest BCUT2D eigenvalue weighted by Crippen LogP contribution is 2.41. The number of para-hydroxylation sites is 2. The second-order valence-electron chi connectivity index (χ2n) is 14.9. The molecule has 0 spiro atoms. The highest BCUT2D eigenvalue weighted by atomic mass is 16.3. The van der Waals surface area contributed by atoms with E-state index >= 15 is 0 Å². The molecular formula is C54H34N2O. The molecule has 0 saturated heterocycles. The minimum absolute atomic E-state index is 0.892. The number of fused-ring (bicyclic) bond motifs is 9. The van der Waals surface area contributed by atoms with Gasteiger partial charge in [-0.15, -0.1) is 0 Å². The Morgan fingerprint density at radius 1 is 0.246 bits per heavy atom. The molecule has 12 aromatic rings. The maximum absolute atomic E-state index is 6.46. The first-order valence-electron chi connectivity index (χ1n) is 19.5. The maximum atomic E-state index is 6.46. The molecule has 3 aromatic heterocycles. The van der Waals surface area contributed by atoms with Gasteiger partial charge >= 0.3 is 0 Å². The maximum Gasteiger partial charge on any atom is 0.137 e. The Balaban J connectivity index is 1.06. The molecule has 266 valence electrons. The lowest BCUT2D eigenvalue weighted by Crippen LogP contribution is -1.94. The summed E-state index contributed by atoms with van der Waals surface area (Å²) in [5, 5.41) is 7.15. The molecule has 0 amide bonds. The van der Waals surface area contributed by atoms with Crippen LogP contribution in [0.25, 0.3) is 110 Å². The van der Waals surface area contributed by atoms with E-state index in [1.54, 1.807) is 0 Å². The quantitative estimate of drug-likeness (QED) is 0.173. The summed E-state index contributed by atoms with van der Waals surface area (Å²) >= 11 is 0. The lowest BCUT2D eigenvalue weighted by Gasteiger charge is -2.11. The van der Waals surface area contributed by atoms with Crippen LogP contribution in [-0.2, 0) is 0 Å². The minimum Gasteiger partial charge on any atom is -0.456 e. The number of aromatic nitrogens is 2. The van der Waals surface area contributed by atoms with E-state index in [1.165, 1.54) is 66.0 Å². The van der Waals surface area contributed by atoms with Crippen molar-refractivity contribution < 1.29 is 4.42 Å². The normalized spacial score (nSPS) is 11.9.